The van der Waals surface area contributed by atoms with Crippen LogP contribution in [-0.4, -0.2) is 22.9 Å². The zero-order valence-electron chi connectivity index (χ0n) is 17.5. The zero-order chi connectivity index (χ0) is 22.1. The third-order valence-corrected chi connectivity index (χ3v) is 7.01. The lowest BCUT2D eigenvalue weighted by molar-refractivity contribution is 0.414. The van der Waals surface area contributed by atoms with Gasteiger partial charge in [0.2, 0.25) is 5.95 Å². The van der Waals surface area contributed by atoms with Gasteiger partial charge in [-0.05, 0) is 73.2 Å². The van der Waals surface area contributed by atoms with Gasteiger partial charge in [0, 0.05) is 9.90 Å². The van der Waals surface area contributed by atoms with E-state index in [4.69, 9.17) is 21.3 Å². The lowest BCUT2D eigenvalue weighted by Gasteiger charge is -2.13. The molecular formula is C24H21ClN4O2S. The number of rotatable bonds is 5. The van der Waals surface area contributed by atoms with Crippen LogP contribution in [0.1, 0.15) is 28.8 Å². The molecule has 162 valence electrons. The summed E-state index contributed by atoms with van der Waals surface area (Å²) in [6.07, 6.45) is 5.87. The molecular weight excluding hydrogens is 444 g/mol. The summed E-state index contributed by atoms with van der Waals surface area (Å²) in [5.74, 6) is 1.09. The van der Waals surface area contributed by atoms with Crippen LogP contribution in [0.25, 0.3) is 15.9 Å². The van der Waals surface area contributed by atoms with Gasteiger partial charge in [-0.15, -0.1) is 11.3 Å². The van der Waals surface area contributed by atoms with Gasteiger partial charge in [-0.2, -0.15) is 5.10 Å². The van der Waals surface area contributed by atoms with E-state index in [0.717, 1.165) is 52.8 Å². The maximum Gasteiger partial charge on any atom is 0.268 e. The van der Waals surface area contributed by atoms with Crippen LogP contribution in [0.2, 0.25) is 5.02 Å². The summed E-state index contributed by atoms with van der Waals surface area (Å²) < 4.78 is 6.86. The fourth-order valence-electron chi connectivity index (χ4n) is 3.96. The Kier molecular flexibility index (Phi) is 5.68. The molecule has 1 N–H and O–H groups in total. The molecule has 0 saturated carbocycles. The Hall–Kier alpha value is -3.16. The molecule has 0 spiro atoms. The molecule has 32 heavy (non-hydrogen) atoms. The molecule has 0 fully saturated rings. The van der Waals surface area contributed by atoms with E-state index in [1.54, 1.807) is 41.4 Å². The van der Waals surface area contributed by atoms with Crippen molar-refractivity contribution in [3.63, 3.8) is 0 Å². The van der Waals surface area contributed by atoms with Crippen LogP contribution in [0, 0.1) is 0 Å². The number of hydrazone groups is 1. The highest BCUT2D eigenvalue weighted by molar-refractivity contribution is 7.18. The first-order valence-corrected chi connectivity index (χ1v) is 11.6. The van der Waals surface area contributed by atoms with Crippen LogP contribution in [0.5, 0.6) is 5.75 Å². The quantitative estimate of drug-likeness (QED) is 0.315. The molecule has 2 aromatic carbocycles. The number of aryl methyl sites for hydroxylation is 2. The van der Waals surface area contributed by atoms with Crippen molar-refractivity contribution in [1.82, 2.24) is 9.55 Å². The number of aromatic nitrogens is 2. The van der Waals surface area contributed by atoms with Crippen molar-refractivity contribution in [2.45, 2.75) is 25.7 Å². The zero-order valence-corrected chi connectivity index (χ0v) is 19.0. The van der Waals surface area contributed by atoms with Gasteiger partial charge in [0.05, 0.1) is 24.4 Å². The summed E-state index contributed by atoms with van der Waals surface area (Å²) >= 11 is 7.57. The summed E-state index contributed by atoms with van der Waals surface area (Å²) in [5.41, 5.74) is 5.64. The van der Waals surface area contributed by atoms with E-state index in [2.05, 4.69) is 10.5 Å². The molecule has 4 aromatic rings. The number of methoxy groups -OCH3 is 1. The molecule has 0 saturated heterocycles. The van der Waals surface area contributed by atoms with Crippen molar-refractivity contribution in [2.75, 3.05) is 12.5 Å². The fourth-order valence-corrected chi connectivity index (χ4v) is 5.34. The van der Waals surface area contributed by atoms with Gasteiger partial charge in [0.1, 0.15) is 10.6 Å². The number of benzene rings is 2. The molecule has 0 aliphatic heterocycles. The molecule has 0 radical (unpaired) electrons. The molecule has 1 aliphatic carbocycles. The van der Waals surface area contributed by atoms with E-state index in [9.17, 15) is 4.79 Å². The number of hydrogen-bond donors (Lipinski definition) is 1. The predicted molar refractivity (Wildman–Crippen MR) is 131 cm³/mol. The summed E-state index contributed by atoms with van der Waals surface area (Å²) in [7, 11) is 1.62. The highest BCUT2D eigenvalue weighted by atomic mass is 35.5. The highest BCUT2D eigenvalue weighted by Crippen LogP contribution is 2.34. The third kappa shape index (κ3) is 3.89. The topological polar surface area (TPSA) is 68.5 Å². The number of anilines is 1. The average Bonchev–Trinajstić information content (AvgIpc) is 3.19. The van der Waals surface area contributed by atoms with E-state index in [0.29, 0.717) is 16.7 Å². The Morgan fingerprint density at radius 1 is 1.12 bits per heavy atom. The van der Waals surface area contributed by atoms with Crippen LogP contribution in [0.3, 0.4) is 0 Å². The largest absolute Gasteiger partial charge is 0.497 e. The second-order valence-electron chi connectivity index (χ2n) is 7.59. The fraction of sp³-hybridized carbons (Fsp3) is 0.208. The van der Waals surface area contributed by atoms with Crippen molar-refractivity contribution < 1.29 is 4.74 Å². The molecule has 2 aromatic heterocycles. The number of fused-ring (bicyclic) bond motifs is 3. The summed E-state index contributed by atoms with van der Waals surface area (Å²) in [5, 5.41) is 5.72. The average molecular weight is 465 g/mol. The van der Waals surface area contributed by atoms with Gasteiger partial charge >= 0.3 is 0 Å². The minimum atomic E-state index is -0.0799. The first kappa shape index (κ1) is 20.7. The Labute approximate surface area is 194 Å². The summed E-state index contributed by atoms with van der Waals surface area (Å²) in [4.78, 5) is 20.5. The minimum absolute atomic E-state index is 0.0799. The first-order chi connectivity index (χ1) is 15.6. The molecule has 0 bridgehead atoms. The van der Waals surface area contributed by atoms with Gasteiger partial charge in [-0.3, -0.25) is 4.79 Å². The molecule has 0 amide bonds. The molecule has 6 nitrogen and oxygen atoms in total. The lowest BCUT2D eigenvalue weighted by Crippen LogP contribution is -2.23. The Morgan fingerprint density at radius 3 is 2.62 bits per heavy atom. The van der Waals surface area contributed by atoms with Crippen LogP contribution in [-0.2, 0) is 12.8 Å². The Morgan fingerprint density at radius 2 is 1.88 bits per heavy atom. The van der Waals surface area contributed by atoms with Crippen molar-refractivity contribution in [2.24, 2.45) is 5.10 Å². The van der Waals surface area contributed by atoms with Crippen molar-refractivity contribution >= 4 is 45.3 Å². The van der Waals surface area contributed by atoms with E-state index < -0.39 is 0 Å². The maximum atomic E-state index is 13.7. The summed E-state index contributed by atoms with van der Waals surface area (Å²) in [6, 6.07) is 14.7. The molecule has 1 aliphatic rings. The normalized spacial score (nSPS) is 13.4. The Balaban J connectivity index is 1.62. The minimum Gasteiger partial charge on any atom is -0.497 e. The molecule has 0 unspecified atom stereocenters. The number of nitrogens with zero attached hydrogens (tertiary/aromatic N) is 3. The van der Waals surface area contributed by atoms with Crippen LogP contribution >= 0.6 is 22.9 Å². The van der Waals surface area contributed by atoms with Crippen molar-refractivity contribution in [3.8, 4) is 11.4 Å². The lowest BCUT2D eigenvalue weighted by atomic mass is 9.97. The molecule has 8 heteroatoms. The van der Waals surface area contributed by atoms with Gasteiger partial charge in [0.25, 0.3) is 5.56 Å². The van der Waals surface area contributed by atoms with Crippen LogP contribution in [0.4, 0.5) is 5.95 Å². The molecule has 0 atom stereocenters. The van der Waals surface area contributed by atoms with E-state index in [1.165, 1.54) is 4.88 Å². The number of ether oxygens (including phenoxy) is 1. The van der Waals surface area contributed by atoms with Gasteiger partial charge in [0.15, 0.2) is 0 Å². The second-order valence-corrected chi connectivity index (χ2v) is 9.11. The second kappa shape index (κ2) is 8.76. The van der Waals surface area contributed by atoms with E-state index in [-0.39, 0.29) is 5.56 Å². The van der Waals surface area contributed by atoms with Crippen molar-refractivity contribution in [1.29, 1.82) is 0 Å². The first-order valence-electron chi connectivity index (χ1n) is 10.4. The number of thiophene rings is 1. The van der Waals surface area contributed by atoms with Crippen LogP contribution < -0.4 is 15.7 Å². The number of nitrogens with one attached hydrogen (secondary N) is 1. The van der Waals surface area contributed by atoms with Gasteiger partial charge in [-0.25, -0.2) is 15.0 Å². The van der Waals surface area contributed by atoms with E-state index >= 15 is 0 Å². The van der Waals surface area contributed by atoms with Gasteiger partial charge < -0.3 is 4.74 Å². The highest BCUT2D eigenvalue weighted by Gasteiger charge is 2.22. The summed E-state index contributed by atoms with van der Waals surface area (Å²) in [6.45, 7) is 0. The number of halogens is 1. The van der Waals surface area contributed by atoms with E-state index in [1.807, 2.05) is 36.4 Å². The standard InChI is InChI=1S/C24H21ClN4O2S/c1-31-18-12-10-17(11-13-18)29-23(30)21-19-4-2-3-5-20(19)32-22(21)27-24(29)28-26-14-15-6-8-16(25)9-7-15/h6-14H,2-5H2,1H3,(H,27,28)/b26-14+. The van der Waals surface area contributed by atoms with Crippen LogP contribution in [0.15, 0.2) is 58.4 Å². The maximum absolute atomic E-state index is 13.7. The molecule has 5 rings (SSSR count). The third-order valence-electron chi connectivity index (χ3n) is 5.57. The molecule has 2 heterocycles. The Bertz CT molecular complexity index is 1360. The van der Waals surface area contributed by atoms with Crippen molar-refractivity contribution in [3.05, 3.63) is 79.9 Å². The smallest absolute Gasteiger partial charge is 0.268 e. The monoisotopic (exact) mass is 464 g/mol. The number of hydrogen-bond acceptors (Lipinski definition) is 6. The van der Waals surface area contributed by atoms with Gasteiger partial charge in [-0.1, -0.05) is 23.7 Å². The SMILES string of the molecule is COc1ccc(-n2c(N/N=C/c3ccc(Cl)cc3)nc3sc4c(c3c2=O)CCCC4)cc1. The predicted octanol–water partition coefficient (Wildman–Crippen LogP) is 5.43.